The number of benzene rings is 2. The van der Waals surface area contributed by atoms with Gasteiger partial charge in [0.25, 0.3) is 0 Å². The molecule has 0 radical (unpaired) electrons. The predicted molar refractivity (Wildman–Crippen MR) is 108 cm³/mol. The standard InChI is InChI=1S/C20H22BrN3O2/c1-14(2)16-5-3-15(4-6-16)13-22-24-20(26)12-11-19(25)23-18-9-7-17(21)8-10-18/h3-10,13-14H,11-12H2,1-2H3,(H,23,25)(H,24,26). The number of halogens is 1. The van der Waals surface area contributed by atoms with Gasteiger partial charge in [-0.1, -0.05) is 54.0 Å². The van der Waals surface area contributed by atoms with Crippen LogP contribution < -0.4 is 10.7 Å². The van der Waals surface area contributed by atoms with Crippen molar-refractivity contribution in [2.45, 2.75) is 32.6 Å². The van der Waals surface area contributed by atoms with Crippen molar-refractivity contribution >= 4 is 39.6 Å². The second-order valence-electron chi connectivity index (χ2n) is 6.17. The van der Waals surface area contributed by atoms with Gasteiger partial charge in [-0.05, 0) is 41.3 Å². The van der Waals surface area contributed by atoms with Crippen molar-refractivity contribution in [1.29, 1.82) is 0 Å². The molecule has 0 aliphatic rings. The van der Waals surface area contributed by atoms with E-state index in [-0.39, 0.29) is 24.7 Å². The molecule has 2 amide bonds. The molecule has 2 rings (SSSR count). The minimum atomic E-state index is -0.300. The van der Waals surface area contributed by atoms with E-state index in [1.165, 1.54) is 5.56 Å². The summed E-state index contributed by atoms with van der Waals surface area (Å²) in [5.41, 5.74) is 5.29. The first-order chi connectivity index (χ1) is 12.4. The molecular formula is C20H22BrN3O2. The Hall–Kier alpha value is -2.47. The van der Waals surface area contributed by atoms with Crippen LogP contribution in [-0.2, 0) is 9.59 Å². The van der Waals surface area contributed by atoms with Crippen LogP contribution in [0.2, 0.25) is 0 Å². The lowest BCUT2D eigenvalue weighted by Crippen LogP contribution is -2.20. The number of hydrogen-bond donors (Lipinski definition) is 2. The van der Waals surface area contributed by atoms with E-state index in [1.807, 2.05) is 36.4 Å². The molecule has 0 heterocycles. The molecule has 0 aliphatic carbocycles. The second-order valence-corrected chi connectivity index (χ2v) is 7.09. The molecule has 0 unspecified atom stereocenters. The zero-order valence-electron chi connectivity index (χ0n) is 14.8. The van der Waals surface area contributed by atoms with Crippen molar-refractivity contribution < 1.29 is 9.59 Å². The van der Waals surface area contributed by atoms with Gasteiger partial charge in [0.05, 0.1) is 6.21 Å². The number of hydrogen-bond acceptors (Lipinski definition) is 3. The van der Waals surface area contributed by atoms with E-state index in [1.54, 1.807) is 18.3 Å². The number of carbonyl (C=O) groups excluding carboxylic acids is 2. The third kappa shape index (κ3) is 6.80. The molecule has 5 nitrogen and oxygen atoms in total. The SMILES string of the molecule is CC(C)c1ccc(C=NNC(=O)CCC(=O)Nc2ccc(Br)cc2)cc1. The molecule has 136 valence electrons. The maximum atomic E-state index is 11.8. The number of nitrogens with one attached hydrogen (secondary N) is 2. The normalized spacial score (nSPS) is 10.9. The fourth-order valence-corrected chi connectivity index (χ4v) is 2.45. The van der Waals surface area contributed by atoms with Crippen LogP contribution in [0.1, 0.15) is 43.7 Å². The Balaban J connectivity index is 1.72. The molecule has 2 aromatic carbocycles. The Morgan fingerprint density at radius 2 is 1.62 bits per heavy atom. The predicted octanol–water partition coefficient (Wildman–Crippen LogP) is 4.44. The van der Waals surface area contributed by atoms with Crippen molar-refractivity contribution in [2.24, 2.45) is 5.10 Å². The number of nitrogens with zero attached hydrogens (tertiary/aromatic N) is 1. The average Bonchev–Trinajstić information content (AvgIpc) is 2.62. The second kappa shape index (κ2) is 9.87. The van der Waals surface area contributed by atoms with Crippen LogP contribution >= 0.6 is 15.9 Å². The lowest BCUT2D eigenvalue weighted by Gasteiger charge is -2.05. The summed E-state index contributed by atoms with van der Waals surface area (Å²) >= 11 is 3.33. The molecule has 0 bridgehead atoms. The van der Waals surface area contributed by atoms with Crippen molar-refractivity contribution in [2.75, 3.05) is 5.32 Å². The summed E-state index contributed by atoms with van der Waals surface area (Å²) in [5, 5.41) is 6.67. The van der Waals surface area contributed by atoms with E-state index in [0.717, 1.165) is 10.0 Å². The molecule has 0 atom stereocenters. The molecule has 0 aromatic heterocycles. The Bertz CT molecular complexity index is 769. The molecule has 0 saturated heterocycles. The number of hydrazone groups is 1. The minimum Gasteiger partial charge on any atom is -0.326 e. The highest BCUT2D eigenvalue weighted by molar-refractivity contribution is 9.10. The first-order valence-electron chi connectivity index (χ1n) is 8.41. The number of carbonyl (C=O) groups is 2. The molecule has 0 saturated carbocycles. The highest BCUT2D eigenvalue weighted by Crippen LogP contribution is 2.15. The van der Waals surface area contributed by atoms with Crippen LogP contribution in [0.4, 0.5) is 5.69 Å². The highest BCUT2D eigenvalue weighted by Gasteiger charge is 2.06. The van der Waals surface area contributed by atoms with Crippen LogP contribution in [0, 0.1) is 0 Å². The molecule has 26 heavy (non-hydrogen) atoms. The van der Waals surface area contributed by atoms with Crippen LogP contribution in [0.25, 0.3) is 0 Å². The Kier molecular flexibility index (Phi) is 7.53. The van der Waals surface area contributed by atoms with Gasteiger partial charge in [0, 0.05) is 23.0 Å². The van der Waals surface area contributed by atoms with Gasteiger partial charge in [-0.25, -0.2) is 5.43 Å². The summed E-state index contributed by atoms with van der Waals surface area (Å²) in [6, 6.07) is 15.2. The summed E-state index contributed by atoms with van der Waals surface area (Å²) in [6.07, 6.45) is 1.76. The lowest BCUT2D eigenvalue weighted by molar-refractivity contribution is -0.124. The van der Waals surface area contributed by atoms with E-state index < -0.39 is 0 Å². The minimum absolute atomic E-state index is 0.0754. The van der Waals surface area contributed by atoms with Crippen molar-refractivity contribution in [1.82, 2.24) is 5.43 Å². The molecular weight excluding hydrogens is 394 g/mol. The molecule has 2 aromatic rings. The van der Waals surface area contributed by atoms with Gasteiger partial charge < -0.3 is 5.32 Å². The van der Waals surface area contributed by atoms with Gasteiger partial charge in [-0.2, -0.15) is 5.10 Å². The quantitative estimate of drug-likeness (QED) is 0.518. The summed E-state index contributed by atoms with van der Waals surface area (Å²) in [7, 11) is 0. The van der Waals surface area contributed by atoms with E-state index in [4.69, 9.17) is 0 Å². The maximum Gasteiger partial charge on any atom is 0.240 e. The topological polar surface area (TPSA) is 70.6 Å². The zero-order valence-corrected chi connectivity index (χ0v) is 16.4. The summed E-state index contributed by atoms with van der Waals surface area (Å²) < 4.78 is 0.937. The van der Waals surface area contributed by atoms with Crippen LogP contribution in [-0.4, -0.2) is 18.0 Å². The number of amides is 2. The van der Waals surface area contributed by atoms with Gasteiger partial charge in [-0.3, -0.25) is 9.59 Å². The Morgan fingerprint density at radius 3 is 2.23 bits per heavy atom. The number of anilines is 1. The smallest absolute Gasteiger partial charge is 0.240 e. The van der Waals surface area contributed by atoms with Crippen LogP contribution in [0.3, 0.4) is 0 Å². The van der Waals surface area contributed by atoms with E-state index in [9.17, 15) is 9.59 Å². The van der Waals surface area contributed by atoms with Crippen molar-refractivity contribution in [3.05, 3.63) is 64.1 Å². The molecule has 0 aliphatic heterocycles. The first kappa shape index (κ1) is 19.8. The van der Waals surface area contributed by atoms with E-state index >= 15 is 0 Å². The molecule has 0 spiro atoms. The van der Waals surface area contributed by atoms with Gasteiger partial charge >= 0.3 is 0 Å². The maximum absolute atomic E-state index is 11.8. The fourth-order valence-electron chi connectivity index (χ4n) is 2.19. The fraction of sp³-hybridized carbons (Fsp3) is 0.250. The van der Waals surface area contributed by atoms with Gasteiger partial charge in [0.2, 0.25) is 11.8 Å². The number of rotatable bonds is 7. The van der Waals surface area contributed by atoms with E-state index in [0.29, 0.717) is 11.6 Å². The largest absolute Gasteiger partial charge is 0.326 e. The zero-order chi connectivity index (χ0) is 18.9. The van der Waals surface area contributed by atoms with Crippen LogP contribution in [0.15, 0.2) is 58.1 Å². The van der Waals surface area contributed by atoms with Crippen LogP contribution in [0.5, 0.6) is 0 Å². The van der Waals surface area contributed by atoms with Gasteiger partial charge in [-0.15, -0.1) is 0 Å². The third-order valence-corrected chi connectivity index (χ3v) is 4.24. The van der Waals surface area contributed by atoms with Gasteiger partial charge in [0.15, 0.2) is 0 Å². The molecule has 0 fully saturated rings. The van der Waals surface area contributed by atoms with Crippen molar-refractivity contribution in [3.8, 4) is 0 Å². The Morgan fingerprint density at radius 1 is 1.00 bits per heavy atom. The monoisotopic (exact) mass is 415 g/mol. The molecule has 6 heteroatoms. The molecule has 2 N–H and O–H groups in total. The Labute approximate surface area is 162 Å². The van der Waals surface area contributed by atoms with E-state index in [2.05, 4.69) is 45.6 Å². The summed E-state index contributed by atoms with van der Waals surface area (Å²) in [6.45, 7) is 4.27. The van der Waals surface area contributed by atoms with Crippen molar-refractivity contribution in [3.63, 3.8) is 0 Å². The van der Waals surface area contributed by atoms with Gasteiger partial charge in [0.1, 0.15) is 0 Å². The summed E-state index contributed by atoms with van der Waals surface area (Å²) in [5.74, 6) is -0.0361. The average molecular weight is 416 g/mol. The highest BCUT2D eigenvalue weighted by atomic mass is 79.9. The first-order valence-corrected chi connectivity index (χ1v) is 9.20. The third-order valence-electron chi connectivity index (χ3n) is 3.71. The summed E-state index contributed by atoms with van der Waals surface area (Å²) in [4.78, 5) is 23.6. The lowest BCUT2D eigenvalue weighted by atomic mass is 10.0.